The van der Waals surface area contributed by atoms with Crippen molar-refractivity contribution in [3.05, 3.63) is 41.5 Å². The average Bonchev–Trinajstić information content (AvgIpc) is 3.17. The molecule has 1 aliphatic rings. The van der Waals surface area contributed by atoms with Crippen LogP contribution in [0.1, 0.15) is 36.0 Å². The molecule has 0 bridgehead atoms. The van der Waals surface area contributed by atoms with Gasteiger partial charge in [0.1, 0.15) is 5.82 Å². The predicted molar refractivity (Wildman–Crippen MR) is 113 cm³/mol. The first-order valence-corrected chi connectivity index (χ1v) is 10.4. The highest BCUT2D eigenvalue weighted by Crippen LogP contribution is 2.23. The fourth-order valence-electron chi connectivity index (χ4n) is 3.50. The summed E-state index contributed by atoms with van der Waals surface area (Å²) in [6.07, 6.45) is 5.62. The molecule has 1 aromatic carbocycles. The quantitative estimate of drug-likeness (QED) is 0.688. The number of hydrogen-bond acceptors (Lipinski definition) is 7. The molecule has 1 aliphatic carbocycles. The van der Waals surface area contributed by atoms with Crippen LogP contribution in [0.25, 0.3) is 10.2 Å². The molecule has 8 heteroatoms. The molecule has 0 aliphatic heterocycles. The minimum atomic E-state index is -0.00581. The molecule has 1 saturated carbocycles. The van der Waals surface area contributed by atoms with Gasteiger partial charge in [0.15, 0.2) is 0 Å². The highest BCUT2D eigenvalue weighted by molar-refractivity contribution is 7.16. The number of amides is 1. The maximum atomic E-state index is 12.6. The monoisotopic (exact) mass is 396 g/mol. The van der Waals surface area contributed by atoms with Gasteiger partial charge in [-0.1, -0.05) is 0 Å². The van der Waals surface area contributed by atoms with E-state index in [4.69, 9.17) is 0 Å². The largest absolute Gasteiger partial charge is 0.363 e. The number of fused-ring (bicyclic) bond motifs is 1. The van der Waals surface area contributed by atoms with E-state index >= 15 is 0 Å². The zero-order valence-corrected chi connectivity index (χ0v) is 16.9. The molecule has 0 saturated heterocycles. The Morgan fingerprint density at radius 3 is 2.68 bits per heavy atom. The van der Waals surface area contributed by atoms with E-state index in [1.165, 1.54) is 0 Å². The summed E-state index contributed by atoms with van der Waals surface area (Å²) in [7, 11) is 3.93. The molecule has 0 unspecified atom stereocenters. The number of benzene rings is 1. The smallest absolute Gasteiger partial charge is 0.251 e. The number of nitrogens with zero attached hydrogens (tertiary/aromatic N) is 4. The first-order chi connectivity index (χ1) is 13.6. The van der Waals surface area contributed by atoms with E-state index in [2.05, 4.69) is 25.6 Å². The first-order valence-electron chi connectivity index (χ1n) is 9.49. The van der Waals surface area contributed by atoms with Gasteiger partial charge in [-0.25, -0.2) is 9.97 Å². The standard InChI is InChI=1S/C20H24N6OS/c1-26(2)18-9-10-21-20(25-18)24-15-6-4-14(5-7-15)23-19(27)13-3-8-16-17(11-13)28-12-22-16/h3,8-12,14-15H,4-7H2,1-2H3,(H,23,27)(H,21,24,25). The van der Waals surface area contributed by atoms with E-state index in [1.807, 2.05) is 43.3 Å². The Morgan fingerprint density at radius 2 is 1.89 bits per heavy atom. The Balaban J connectivity index is 1.30. The molecule has 1 amide bonds. The summed E-state index contributed by atoms with van der Waals surface area (Å²) in [6.45, 7) is 0. The topological polar surface area (TPSA) is 83.0 Å². The zero-order valence-electron chi connectivity index (χ0n) is 16.1. The second-order valence-electron chi connectivity index (χ2n) is 7.33. The Bertz CT molecular complexity index is 964. The molecule has 0 atom stereocenters. The molecule has 3 aromatic rings. The molecule has 0 spiro atoms. The third-order valence-corrected chi connectivity index (χ3v) is 5.88. The maximum absolute atomic E-state index is 12.6. The number of carbonyl (C=O) groups is 1. The summed E-state index contributed by atoms with van der Waals surface area (Å²) in [4.78, 5) is 27.7. The third kappa shape index (κ3) is 4.22. The van der Waals surface area contributed by atoms with Crippen molar-refractivity contribution in [1.29, 1.82) is 0 Å². The zero-order chi connectivity index (χ0) is 19.5. The molecule has 146 valence electrons. The van der Waals surface area contributed by atoms with Crippen molar-refractivity contribution in [2.24, 2.45) is 0 Å². The minimum absolute atomic E-state index is 0.00581. The highest BCUT2D eigenvalue weighted by atomic mass is 32.1. The number of aromatic nitrogens is 3. The van der Waals surface area contributed by atoms with Gasteiger partial charge in [0.2, 0.25) is 5.95 Å². The number of carbonyl (C=O) groups excluding carboxylic acids is 1. The van der Waals surface area contributed by atoms with Gasteiger partial charge in [0.05, 0.1) is 15.7 Å². The van der Waals surface area contributed by atoms with E-state index in [1.54, 1.807) is 23.0 Å². The summed E-state index contributed by atoms with van der Waals surface area (Å²) < 4.78 is 1.04. The number of rotatable bonds is 5. The van der Waals surface area contributed by atoms with Gasteiger partial charge in [0, 0.05) is 37.9 Å². The van der Waals surface area contributed by atoms with E-state index in [0.717, 1.165) is 41.7 Å². The second kappa shape index (κ2) is 8.10. The van der Waals surface area contributed by atoms with Crippen LogP contribution in [0.5, 0.6) is 0 Å². The molecule has 7 nitrogen and oxygen atoms in total. The summed E-state index contributed by atoms with van der Waals surface area (Å²) in [5, 5.41) is 6.61. The molecule has 4 rings (SSSR count). The lowest BCUT2D eigenvalue weighted by Gasteiger charge is -2.29. The van der Waals surface area contributed by atoms with Crippen LogP contribution in [0.2, 0.25) is 0 Å². The average molecular weight is 397 g/mol. The van der Waals surface area contributed by atoms with Crippen molar-refractivity contribution in [3.63, 3.8) is 0 Å². The van der Waals surface area contributed by atoms with Crippen LogP contribution in [-0.4, -0.2) is 47.0 Å². The van der Waals surface area contributed by atoms with Crippen LogP contribution < -0.4 is 15.5 Å². The second-order valence-corrected chi connectivity index (χ2v) is 8.22. The summed E-state index contributed by atoms with van der Waals surface area (Å²) >= 11 is 1.55. The lowest BCUT2D eigenvalue weighted by atomic mass is 9.91. The van der Waals surface area contributed by atoms with Crippen LogP contribution in [0.3, 0.4) is 0 Å². The Hall–Kier alpha value is -2.74. The first kappa shape index (κ1) is 18.6. The summed E-state index contributed by atoms with van der Waals surface area (Å²) in [5.74, 6) is 1.54. The van der Waals surface area contributed by atoms with Crippen molar-refractivity contribution in [2.75, 3.05) is 24.3 Å². The molecule has 2 N–H and O–H groups in total. The van der Waals surface area contributed by atoms with E-state index in [9.17, 15) is 4.79 Å². The van der Waals surface area contributed by atoms with Gasteiger partial charge in [-0.05, 0) is 49.9 Å². The maximum Gasteiger partial charge on any atom is 0.251 e. The number of anilines is 2. The fraction of sp³-hybridized carbons (Fsp3) is 0.400. The number of hydrogen-bond donors (Lipinski definition) is 2. The van der Waals surface area contributed by atoms with E-state index in [0.29, 0.717) is 17.6 Å². The van der Waals surface area contributed by atoms with Crippen LogP contribution in [-0.2, 0) is 0 Å². The summed E-state index contributed by atoms with van der Waals surface area (Å²) in [5.41, 5.74) is 3.44. The van der Waals surface area contributed by atoms with Crippen LogP contribution in [0.4, 0.5) is 11.8 Å². The van der Waals surface area contributed by atoms with E-state index < -0.39 is 0 Å². The Labute approximate surface area is 168 Å². The van der Waals surface area contributed by atoms with Crippen LogP contribution >= 0.6 is 11.3 Å². The van der Waals surface area contributed by atoms with Gasteiger partial charge >= 0.3 is 0 Å². The van der Waals surface area contributed by atoms with Crippen molar-refractivity contribution >= 4 is 39.2 Å². The van der Waals surface area contributed by atoms with Crippen LogP contribution in [0, 0.1) is 0 Å². The Morgan fingerprint density at radius 1 is 1.11 bits per heavy atom. The lowest BCUT2D eigenvalue weighted by molar-refractivity contribution is 0.0926. The van der Waals surface area contributed by atoms with Crippen molar-refractivity contribution < 1.29 is 4.79 Å². The van der Waals surface area contributed by atoms with Crippen molar-refractivity contribution in [1.82, 2.24) is 20.3 Å². The number of thiazole rings is 1. The molecular formula is C20H24N6OS. The van der Waals surface area contributed by atoms with Gasteiger partial charge in [-0.2, -0.15) is 4.98 Å². The number of nitrogens with one attached hydrogen (secondary N) is 2. The van der Waals surface area contributed by atoms with Gasteiger partial charge in [-0.15, -0.1) is 11.3 Å². The van der Waals surface area contributed by atoms with Crippen molar-refractivity contribution in [3.8, 4) is 0 Å². The molecule has 1 fully saturated rings. The van der Waals surface area contributed by atoms with Crippen LogP contribution in [0.15, 0.2) is 36.0 Å². The van der Waals surface area contributed by atoms with Crippen molar-refractivity contribution in [2.45, 2.75) is 37.8 Å². The van der Waals surface area contributed by atoms with E-state index in [-0.39, 0.29) is 11.9 Å². The third-order valence-electron chi connectivity index (χ3n) is 5.09. The molecule has 28 heavy (non-hydrogen) atoms. The molecule has 0 radical (unpaired) electrons. The summed E-state index contributed by atoms with van der Waals surface area (Å²) in [6, 6.07) is 8.10. The lowest BCUT2D eigenvalue weighted by Crippen LogP contribution is -2.40. The van der Waals surface area contributed by atoms with Gasteiger partial charge in [0.25, 0.3) is 5.91 Å². The normalized spacial score (nSPS) is 19.4. The SMILES string of the molecule is CN(C)c1ccnc(NC2CCC(NC(=O)c3ccc4ncsc4c3)CC2)n1. The fourth-order valence-corrected chi connectivity index (χ4v) is 4.21. The highest BCUT2D eigenvalue weighted by Gasteiger charge is 2.23. The molecule has 2 heterocycles. The van der Waals surface area contributed by atoms with Gasteiger partial charge in [-0.3, -0.25) is 4.79 Å². The van der Waals surface area contributed by atoms with Gasteiger partial charge < -0.3 is 15.5 Å². The molecule has 2 aromatic heterocycles. The Kier molecular flexibility index (Phi) is 5.38. The predicted octanol–water partition coefficient (Wildman–Crippen LogP) is 3.31. The minimum Gasteiger partial charge on any atom is -0.363 e. The molecular weight excluding hydrogens is 372 g/mol.